The van der Waals surface area contributed by atoms with Gasteiger partial charge >= 0.3 is 5.97 Å². The third kappa shape index (κ3) is 4.82. The molecule has 2 aromatic carbocycles. The lowest BCUT2D eigenvalue weighted by Crippen LogP contribution is -2.15. The van der Waals surface area contributed by atoms with Crippen molar-refractivity contribution in [3.05, 3.63) is 66.4 Å². The van der Waals surface area contributed by atoms with Crippen LogP contribution in [-0.2, 0) is 9.53 Å². The molecule has 0 radical (unpaired) electrons. The average Bonchev–Trinajstić information content (AvgIpc) is 2.71. The van der Waals surface area contributed by atoms with Crippen molar-refractivity contribution in [2.45, 2.75) is 12.8 Å². The zero-order valence-corrected chi connectivity index (χ0v) is 15.0. The van der Waals surface area contributed by atoms with E-state index >= 15 is 0 Å². The molecular weight excluding hydrogens is 344 g/mol. The number of carbonyl (C=O) groups is 2. The van der Waals surface area contributed by atoms with E-state index in [2.05, 4.69) is 10.3 Å². The SMILES string of the molecule is COC(=O)c1ccccc1NC(=O)CCCOc1ccc2ncccc2c1. The number of hydrogen-bond donors (Lipinski definition) is 1. The maximum absolute atomic E-state index is 12.1. The van der Waals surface area contributed by atoms with Gasteiger partial charge in [0.2, 0.25) is 5.91 Å². The van der Waals surface area contributed by atoms with Crippen LogP contribution in [0.2, 0.25) is 0 Å². The highest BCUT2D eigenvalue weighted by Crippen LogP contribution is 2.19. The summed E-state index contributed by atoms with van der Waals surface area (Å²) >= 11 is 0. The van der Waals surface area contributed by atoms with E-state index < -0.39 is 5.97 Å². The first-order valence-corrected chi connectivity index (χ1v) is 8.62. The van der Waals surface area contributed by atoms with Gasteiger partial charge in [-0.3, -0.25) is 9.78 Å². The molecule has 0 saturated carbocycles. The van der Waals surface area contributed by atoms with E-state index in [1.165, 1.54) is 7.11 Å². The van der Waals surface area contributed by atoms with Crippen LogP contribution in [0.15, 0.2) is 60.8 Å². The zero-order chi connectivity index (χ0) is 19.1. The van der Waals surface area contributed by atoms with Crippen molar-refractivity contribution in [1.29, 1.82) is 0 Å². The van der Waals surface area contributed by atoms with Gasteiger partial charge in [0.05, 0.1) is 30.5 Å². The van der Waals surface area contributed by atoms with Crippen LogP contribution in [0, 0.1) is 0 Å². The van der Waals surface area contributed by atoms with Gasteiger partial charge in [0.25, 0.3) is 0 Å². The molecule has 1 N–H and O–H groups in total. The number of para-hydroxylation sites is 1. The Morgan fingerprint density at radius 3 is 2.78 bits per heavy atom. The molecule has 0 aliphatic heterocycles. The van der Waals surface area contributed by atoms with E-state index in [-0.39, 0.29) is 12.3 Å². The van der Waals surface area contributed by atoms with E-state index in [1.54, 1.807) is 30.5 Å². The number of rotatable bonds is 7. The Labute approximate surface area is 157 Å². The molecule has 6 heteroatoms. The van der Waals surface area contributed by atoms with Crippen LogP contribution in [0.3, 0.4) is 0 Å². The van der Waals surface area contributed by atoms with Crippen LogP contribution in [0.5, 0.6) is 5.75 Å². The number of aromatic nitrogens is 1. The summed E-state index contributed by atoms with van der Waals surface area (Å²) in [6.45, 7) is 0.415. The van der Waals surface area contributed by atoms with Crippen LogP contribution >= 0.6 is 0 Å². The Bertz CT molecular complexity index is 956. The van der Waals surface area contributed by atoms with E-state index in [4.69, 9.17) is 9.47 Å². The zero-order valence-electron chi connectivity index (χ0n) is 15.0. The van der Waals surface area contributed by atoms with Crippen molar-refractivity contribution in [3.63, 3.8) is 0 Å². The number of ether oxygens (including phenoxy) is 2. The Morgan fingerprint density at radius 2 is 1.93 bits per heavy atom. The lowest BCUT2D eigenvalue weighted by atomic mass is 10.1. The second kappa shape index (κ2) is 8.80. The monoisotopic (exact) mass is 364 g/mol. The van der Waals surface area contributed by atoms with Crippen LogP contribution in [0.25, 0.3) is 10.9 Å². The molecule has 27 heavy (non-hydrogen) atoms. The molecule has 138 valence electrons. The molecule has 1 aromatic heterocycles. The van der Waals surface area contributed by atoms with Crippen LogP contribution < -0.4 is 10.1 Å². The maximum atomic E-state index is 12.1. The number of carbonyl (C=O) groups excluding carboxylic acids is 2. The molecule has 0 fully saturated rings. The highest BCUT2D eigenvalue weighted by molar-refractivity contribution is 6.01. The molecule has 0 unspecified atom stereocenters. The molecule has 0 aliphatic rings. The Balaban J connectivity index is 1.49. The standard InChI is InChI=1S/C21H20N2O4/c1-26-21(25)17-7-2-3-8-19(17)23-20(24)9-5-13-27-16-10-11-18-15(14-16)6-4-12-22-18/h2-4,6-8,10-12,14H,5,9,13H2,1H3,(H,23,24). The molecule has 3 rings (SSSR count). The number of pyridine rings is 1. The Hall–Kier alpha value is -3.41. The molecule has 0 bridgehead atoms. The van der Waals surface area contributed by atoms with Gasteiger partial charge in [-0.25, -0.2) is 4.79 Å². The number of fused-ring (bicyclic) bond motifs is 1. The second-order valence-corrected chi connectivity index (χ2v) is 5.90. The lowest BCUT2D eigenvalue weighted by Gasteiger charge is -2.10. The second-order valence-electron chi connectivity index (χ2n) is 5.90. The van der Waals surface area contributed by atoms with Gasteiger partial charge in [-0.2, -0.15) is 0 Å². The first kappa shape index (κ1) is 18.4. The van der Waals surface area contributed by atoms with Gasteiger partial charge in [-0.1, -0.05) is 18.2 Å². The van der Waals surface area contributed by atoms with Crippen molar-refractivity contribution in [2.24, 2.45) is 0 Å². The summed E-state index contributed by atoms with van der Waals surface area (Å²) in [7, 11) is 1.31. The molecule has 0 spiro atoms. The number of methoxy groups -OCH3 is 1. The van der Waals surface area contributed by atoms with Crippen LogP contribution in [-0.4, -0.2) is 30.6 Å². The topological polar surface area (TPSA) is 77.5 Å². The molecule has 0 atom stereocenters. The van der Waals surface area contributed by atoms with Gasteiger partial charge in [0.1, 0.15) is 5.75 Å². The minimum Gasteiger partial charge on any atom is -0.494 e. The van der Waals surface area contributed by atoms with Gasteiger partial charge < -0.3 is 14.8 Å². The van der Waals surface area contributed by atoms with Crippen LogP contribution in [0.1, 0.15) is 23.2 Å². The molecule has 0 saturated heterocycles. The number of amides is 1. The first-order chi connectivity index (χ1) is 13.2. The number of esters is 1. The fraction of sp³-hybridized carbons (Fsp3) is 0.190. The minimum absolute atomic E-state index is 0.183. The van der Waals surface area contributed by atoms with Gasteiger partial charge in [-0.05, 0) is 42.8 Å². The predicted molar refractivity (Wildman–Crippen MR) is 103 cm³/mol. The highest BCUT2D eigenvalue weighted by Gasteiger charge is 2.13. The summed E-state index contributed by atoms with van der Waals surface area (Å²) in [5, 5.41) is 3.75. The fourth-order valence-electron chi connectivity index (χ4n) is 2.66. The van der Waals surface area contributed by atoms with Crippen molar-refractivity contribution in [2.75, 3.05) is 19.0 Å². The third-order valence-corrected chi connectivity index (χ3v) is 4.00. The number of hydrogen-bond acceptors (Lipinski definition) is 5. The Kier molecular flexibility index (Phi) is 5.99. The quantitative estimate of drug-likeness (QED) is 0.509. The lowest BCUT2D eigenvalue weighted by molar-refractivity contribution is -0.116. The van der Waals surface area contributed by atoms with Crippen molar-refractivity contribution >= 4 is 28.5 Å². The van der Waals surface area contributed by atoms with Crippen LogP contribution in [0.4, 0.5) is 5.69 Å². The fourth-order valence-corrected chi connectivity index (χ4v) is 2.66. The van der Waals surface area contributed by atoms with Crippen molar-refractivity contribution < 1.29 is 19.1 Å². The molecule has 3 aromatic rings. The smallest absolute Gasteiger partial charge is 0.339 e. The summed E-state index contributed by atoms with van der Waals surface area (Å²) in [6, 6.07) is 16.3. The molecule has 1 amide bonds. The van der Waals surface area contributed by atoms with E-state index in [9.17, 15) is 9.59 Å². The summed E-state index contributed by atoms with van der Waals surface area (Å²) in [4.78, 5) is 28.1. The Morgan fingerprint density at radius 1 is 1.07 bits per heavy atom. The van der Waals surface area contributed by atoms with E-state index in [1.807, 2.05) is 30.3 Å². The minimum atomic E-state index is -0.486. The molecule has 6 nitrogen and oxygen atoms in total. The summed E-state index contributed by atoms with van der Waals surface area (Å²) < 4.78 is 10.4. The van der Waals surface area contributed by atoms with E-state index in [0.29, 0.717) is 24.3 Å². The predicted octanol–water partition coefficient (Wildman–Crippen LogP) is 3.82. The average molecular weight is 364 g/mol. The van der Waals surface area contributed by atoms with Gasteiger partial charge in [0.15, 0.2) is 0 Å². The highest BCUT2D eigenvalue weighted by atomic mass is 16.5. The number of nitrogens with one attached hydrogen (secondary N) is 1. The largest absolute Gasteiger partial charge is 0.494 e. The van der Waals surface area contributed by atoms with Crippen molar-refractivity contribution in [3.8, 4) is 5.75 Å². The summed E-state index contributed by atoms with van der Waals surface area (Å²) in [5.41, 5.74) is 1.68. The van der Waals surface area contributed by atoms with E-state index in [0.717, 1.165) is 16.7 Å². The van der Waals surface area contributed by atoms with Crippen molar-refractivity contribution in [1.82, 2.24) is 4.98 Å². The molecular formula is C21H20N2O4. The third-order valence-electron chi connectivity index (χ3n) is 4.00. The molecule has 1 heterocycles. The first-order valence-electron chi connectivity index (χ1n) is 8.62. The maximum Gasteiger partial charge on any atom is 0.339 e. The molecule has 0 aliphatic carbocycles. The summed E-state index contributed by atoms with van der Waals surface area (Å²) in [6.07, 6.45) is 2.59. The number of anilines is 1. The van der Waals surface area contributed by atoms with Gasteiger partial charge in [-0.15, -0.1) is 0 Å². The summed E-state index contributed by atoms with van der Waals surface area (Å²) in [5.74, 6) is 0.0737. The number of benzene rings is 2. The van der Waals surface area contributed by atoms with Gasteiger partial charge in [0, 0.05) is 18.0 Å². The number of nitrogens with zero attached hydrogens (tertiary/aromatic N) is 1. The normalized spacial score (nSPS) is 10.4.